The van der Waals surface area contributed by atoms with E-state index in [0.29, 0.717) is 18.2 Å². The van der Waals surface area contributed by atoms with E-state index < -0.39 is 0 Å². The van der Waals surface area contributed by atoms with Crippen molar-refractivity contribution in [2.75, 3.05) is 17.3 Å². The summed E-state index contributed by atoms with van der Waals surface area (Å²) in [6, 6.07) is 0.600. The lowest BCUT2D eigenvalue weighted by molar-refractivity contribution is 0.0992. The summed E-state index contributed by atoms with van der Waals surface area (Å²) in [4.78, 5) is 13.8. The van der Waals surface area contributed by atoms with E-state index in [9.17, 15) is 4.79 Å². The number of nitrogens with one attached hydrogen (secondary N) is 1. The molecule has 2 aliphatic rings. The number of thiophene rings is 1. The fraction of sp³-hybridized carbons (Fsp3) is 0.667. The van der Waals surface area contributed by atoms with Crippen LogP contribution in [-0.2, 0) is 0 Å². The number of nitrogens with two attached hydrogens (primary N) is 1. The van der Waals surface area contributed by atoms with Gasteiger partial charge in [-0.3, -0.25) is 4.79 Å². The lowest BCUT2D eigenvalue weighted by atomic mass is 10.1. The molecule has 5 heteroatoms. The van der Waals surface area contributed by atoms with Crippen molar-refractivity contribution in [3.05, 3.63) is 4.88 Å². The summed E-state index contributed by atoms with van der Waals surface area (Å²) in [5.41, 5.74) is 6.86. The summed E-state index contributed by atoms with van der Waals surface area (Å²) in [5.74, 6) is 1.84. The van der Waals surface area contributed by atoms with Crippen LogP contribution in [0, 0.1) is 11.8 Å². The van der Waals surface area contributed by atoms with Crippen molar-refractivity contribution in [3.63, 3.8) is 0 Å². The third-order valence-corrected chi connectivity index (χ3v) is 6.37. The zero-order chi connectivity index (χ0) is 14.3. The maximum Gasteiger partial charge on any atom is 0.174 e. The molecule has 0 aliphatic heterocycles. The van der Waals surface area contributed by atoms with Crippen molar-refractivity contribution >= 4 is 39.6 Å². The van der Waals surface area contributed by atoms with Gasteiger partial charge in [0.25, 0.3) is 0 Å². The third-order valence-electron chi connectivity index (χ3n) is 4.24. The van der Waals surface area contributed by atoms with Gasteiger partial charge in [0, 0.05) is 12.5 Å². The minimum Gasteiger partial charge on any atom is -0.396 e. The van der Waals surface area contributed by atoms with E-state index in [1.807, 2.05) is 13.2 Å². The molecule has 1 aromatic heterocycles. The first-order chi connectivity index (χ1) is 9.65. The van der Waals surface area contributed by atoms with E-state index in [1.165, 1.54) is 25.7 Å². The Morgan fingerprint density at radius 3 is 2.45 bits per heavy atom. The SMILES string of the molecule is CCC(=O)c1sc(NC(C2CC2)C2CC2)c(SC)c1N. The molecule has 110 valence electrons. The van der Waals surface area contributed by atoms with Crippen LogP contribution in [0.25, 0.3) is 0 Å². The average molecular weight is 310 g/mol. The molecule has 2 saturated carbocycles. The monoisotopic (exact) mass is 310 g/mol. The molecule has 2 fully saturated rings. The minimum absolute atomic E-state index is 0.158. The van der Waals surface area contributed by atoms with E-state index >= 15 is 0 Å². The standard InChI is InChI=1S/C15H22N2OS2/c1-3-10(18)13-11(16)14(19-2)15(20-13)17-12(8-4-5-8)9-6-7-9/h8-9,12,17H,3-7,16H2,1-2H3. The van der Waals surface area contributed by atoms with E-state index in [2.05, 4.69) is 5.32 Å². The Labute approximate surface area is 128 Å². The van der Waals surface area contributed by atoms with Gasteiger partial charge >= 0.3 is 0 Å². The Kier molecular flexibility index (Phi) is 4.00. The highest BCUT2D eigenvalue weighted by atomic mass is 32.2. The van der Waals surface area contributed by atoms with Gasteiger partial charge in [-0.1, -0.05) is 6.92 Å². The van der Waals surface area contributed by atoms with Gasteiger partial charge in [0.05, 0.1) is 15.5 Å². The van der Waals surface area contributed by atoms with Crippen LogP contribution in [-0.4, -0.2) is 18.1 Å². The van der Waals surface area contributed by atoms with E-state index in [0.717, 1.165) is 26.6 Å². The van der Waals surface area contributed by atoms with Gasteiger partial charge in [-0.25, -0.2) is 0 Å². The molecule has 3 rings (SSSR count). The molecule has 20 heavy (non-hydrogen) atoms. The first-order valence-electron chi connectivity index (χ1n) is 7.41. The van der Waals surface area contributed by atoms with Crippen molar-refractivity contribution < 1.29 is 4.79 Å². The lowest BCUT2D eigenvalue weighted by Gasteiger charge is -2.18. The number of thioether (sulfide) groups is 1. The number of hydrogen-bond donors (Lipinski definition) is 2. The van der Waals surface area contributed by atoms with Gasteiger partial charge in [-0.2, -0.15) is 0 Å². The summed E-state index contributed by atoms with van der Waals surface area (Å²) in [5, 5.41) is 4.85. The van der Waals surface area contributed by atoms with E-state index in [-0.39, 0.29) is 5.78 Å². The minimum atomic E-state index is 0.158. The average Bonchev–Trinajstić information content (AvgIpc) is 3.34. The summed E-state index contributed by atoms with van der Waals surface area (Å²) < 4.78 is 0. The van der Waals surface area contributed by atoms with Crippen molar-refractivity contribution in [2.45, 2.75) is 50.0 Å². The summed E-state index contributed by atoms with van der Waals surface area (Å²) >= 11 is 3.20. The second kappa shape index (κ2) is 5.60. The molecule has 0 bridgehead atoms. The van der Waals surface area contributed by atoms with Crippen LogP contribution in [0.5, 0.6) is 0 Å². The molecule has 0 unspecified atom stereocenters. The topological polar surface area (TPSA) is 55.1 Å². The third kappa shape index (κ3) is 2.70. The quantitative estimate of drug-likeness (QED) is 0.584. The zero-order valence-electron chi connectivity index (χ0n) is 12.1. The number of hydrogen-bond acceptors (Lipinski definition) is 5. The Morgan fingerprint density at radius 1 is 1.40 bits per heavy atom. The summed E-state index contributed by atoms with van der Waals surface area (Å²) in [7, 11) is 0. The van der Waals surface area contributed by atoms with Gasteiger partial charge in [0.1, 0.15) is 5.00 Å². The molecule has 0 aromatic carbocycles. The van der Waals surface area contributed by atoms with Gasteiger partial charge in [0.2, 0.25) is 0 Å². The second-order valence-electron chi connectivity index (χ2n) is 5.83. The van der Waals surface area contributed by atoms with E-state index in [1.54, 1.807) is 23.1 Å². The summed E-state index contributed by atoms with van der Waals surface area (Å²) in [6.07, 6.45) is 7.96. The highest BCUT2D eigenvalue weighted by Gasteiger charge is 2.42. The lowest BCUT2D eigenvalue weighted by Crippen LogP contribution is -2.23. The van der Waals surface area contributed by atoms with Gasteiger partial charge in [0.15, 0.2) is 5.78 Å². The molecular weight excluding hydrogens is 288 g/mol. The zero-order valence-corrected chi connectivity index (χ0v) is 13.7. The van der Waals surface area contributed by atoms with Crippen LogP contribution in [0.2, 0.25) is 0 Å². The number of ketones is 1. The maximum atomic E-state index is 12.0. The highest BCUT2D eigenvalue weighted by Crippen LogP contribution is 2.49. The van der Waals surface area contributed by atoms with Crippen LogP contribution in [0.4, 0.5) is 10.7 Å². The fourth-order valence-corrected chi connectivity index (χ4v) is 4.85. The van der Waals surface area contributed by atoms with Crippen LogP contribution >= 0.6 is 23.1 Å². The van der Waals surface area contributed by atoms with Crippen LogP contribution in [0.1, 0.15) is 48.7 Å². The van der Waals surface area contributed by atoms with Gasteiger partial charge in [-0.15, -0.1) is 23.1 Å². The number of anilines is 2. The Morgan fingerprint density at radius 2 is 2.00 bits per heavy atom. The van der Waals surface area contributed by atoms with Crippen LogP contribution < -0.4 is 11.1 Å². The highest BCUT2D eigenvalue weighted by molar-refractivity contribution is 7.99. The number of carbonyl (C=O) groups is 1. The van der Waals surface area contributed by atoms with Gasteiger partial charge < -0.3 is 11.1 Å². The van der Waals surface area contributed by atoms with Crippen molar-refractivity contribution in [1.82, 2.24) is 0 Å². The number of carbonyl (C=O) groups excluding carboxylic acids is 1. The smallest absolute Gasteiger partial charge is 0.174 e. The normalized spacial score (nSPS) is 18.6. The number of rotatable bonds is 7. The molecular formula is C15H22N2OS2. The Hall–Kier alpha value is -0.680. The first kappa shape index (κ1) is 14.3. The number of nitrogen functional groups attached to an aromatic ring is 1. The molecule has 0 saturated heterocycles. The van der Waals surface area contributed by atoms with Crippen molar-refractivity contribution in [3.8, 4) is 0 Å². The predicted molar refractivity (Wildman–Crippen MR) is 88.0 cm³/mol. The van der Waals surface area contributed by atoms with Gasteiger partial charge in [-0.05, 0) is 43.8 Å². The van der Waals surface area contributed by atoms with Crippen molar-refractivity contribution in [1.29, 1.82) is 0 Å². The molecule has 0 atom stereocenters. The Balaban J connectivity index is 1.85. The molecule has 1 heterocycles. The van der Waals surface area contributed by atoms with E-state index in [4.69, 9.17) is 5.73 Å². The summed E-state index contributed by atoms with van der Waals surface area (Å²) in [6.45, 7) is 1.89. The molecule has 3 nitrogen and oxygen atoms in total. The second-order valence-corrected chi connectivity index (χ2v) is 7.67. The molecule has 0 amide bonds. The largest absolute Gasteiger partial charge is 0.396 e. The van der Waals surface area contributed by atoms with Crippen molar-refractivity contribution in [2.24, 2.45) is 11.8 Å². The number of Topliss-reactive ketones (excluding diaryl/α,β-unsaturated/α-hetero) is 1. The molecule has 0 spiro atoms. The Bertz CT molecular complexity index is 506. The first-order valence-corrected chi connectivity index (χ1v) is 9.45. The molecule has 2 aliphatic carbocycles. The fourth-order valence-electron chi connectivity index (χ4n) is 2.78. The van der Waals surface area contributed by atoms with Crippen LogP contribution in [0.3, 0.4) is 0 Å². The molecule has 3 N–H and O–H groups in total. The predicted octanol–water partition coefficient (Wildman–Crippen LogP) is 4.25. The molecule has 1 aromatic rings. The van der Waals surface area contributed by atoms with Crippen LogP contribution in [0.15, 0.2) is 4.90 Å². The maximum absolute atomic E-state index is 12.0. The molecule has 0 radical (unpaired) electrons.